The Hall–Kier alpha value is -3.18. The Morgan fingerprint density at radius 3 is 2.52 bits per heavy atom. The number of anilines is 1. The molecule has 1 amide bonds. The van der Waals surface area contributed by atoms with E-state index in [9.17, 15) is 4.79 Å². The lowest BCUT2D eigenvalue weighted by Crippen LogP contribution is -2.13. The van der Waals surface area contributed by atoms with E-state index < -0.39 is 0 Å². The summed E-state index contributed by atoms with van der Waals surface area (Å²) >= 11 is 1.62. The van der Waals surface area contributed by atoms with Crippen molar-refractivity contribution in [3.8, 4) is 16.3 Å². The summed E-state index contributed by atoms with van der Waals surface area (Å²) in [6.45, 7) is 4.11. The van der Waals surface area contributed by atoms with Gasteiger partial charge in [0.05, 0.1) is 22.0 Å². The van der Waals surface area contributed by atoms with Gasteiger partial charge in [0, 0.05) is 11.1 Å². The number of nitrogens with zero attached hydrogens (tertiary/aromatic N) is 1. The molecule has 1 atom stereocenters. The van der Waals surface area contributed by atoms with Gasteiger partial charge in [-0.2, -0.15) is 0 Å². The predicted molar refractivity (Wildman–Crippen MR) is 120 cm³/mol. The standard InChI is InChI=1S/C24H22N2O2S/c1-3-16(2)28-18-14-12-17(13-15-18)23(27)25-20-9-5-4-8-19(20)24-26-21-10-6-7-11-22(21)29-24/h4-16H,3H2,1-2H3,(H,25,27)/t16-/m0/s1. The zero-order valence-corrected chi connectivity index (χ0v) is 17.2. The average Bonchev–Trinajstić information content (AvgIpc) is 3.18. The maximum absolute atomic E-state index is 12.8. The number of amides is 1. The fourth-order valence-electron chi connectivity index (χ4n) is 2.96. The number of rotatable bonds is 6. The second-order valence-corrected chi connectivity index (χ2v) is 7.88. The predicted octanol–water partition coefficient (Wildman–Crippen LogP) is 6.39. The first-order valence-corrected chi connectivity index (χ1v) is 10.5. The summed E-state index contributed by atoms with van der Waals surface area (Å²) in [7, 11) is 0. The molecule has 1 N–H and O–H groups in total. The SMILES string of the molecule is CC[C@H](C)Oc1ccc(C(=O)Nc2ccccc2-c2nc3ccccc3s2)cc1. The quantitative estimate of drug-likeness (QED) is 0.406. The lowest BCUT2D eigenvalue weighted by Gasteiger charge is -2.13. The van der Waals surface area contributed by atoms with Crippen molar-refractivity contribution in [2.75, 3.05) is 5.32 Å². The van der Waals surface area contributed by atoms with Crippen molar-refractivity contribution >= 4 is 33.1 Å². The molecule has 4 rings (SSSR count). The van der Waals surface area contributed by atoms with Crippen LogP contribution < -0.4 is 10.1 Å². The lowest BCUT2D eigenvalue weighted by atomic mass is 10.1. The highest BCUT2D eigenvalue weighted by Crippen LogP contribution is 2.34. The normalized spacial score (nSPS) is 11.9. The molecule has 0 bridgehead atoms. The summed E-state index contributed by atoms with van der Waals surface area (Å²) in [6.07, 6.45) is 1.08. The van der Waals surface area contributed by atoms with Crippen molar-refractivity contribution in [3.63, 3.8) is 0 Å². The smallest absolute Gasteiger partial charge is 0.255 e. The van der Waals surface area contributed by atoms with E-state index in [1.165, 1.54) is 0 Å². The second kappa shape index (κ2) is 8.45. The number of fused-ring (bicyclic) bond motifs is 1. The number of ether oxygens (including phenoxy) is 1. The minimum absolute atomic E-state index is 0.148. The third-order valence-electron chi connectivity index (χ3n) is 4.73. The second-order valence-electron chi connectivity index (χ2n) is 6.85. The minimum Gasteiger partial charge on any atom is -0.491 e. The Morgan fingerprint density at radius 2 is 1.76 bits per heavy atom. The van der Waals surface area contributed by atoms with Crippen LogP contribution in [-0.2, 0) is 0 Å². The number of thiazole rings is 1. The van der Waals surface area contributed by atoms with E-state index in [4.69, 9.17) is 9.72 Å². The topological polar surface area (TPSA) is 51.2 Å². The van der Waals surface area contributed by atoms with E-state index in [2.05, 4.69) is 18.3 Å². The molecule has 4 nitrogen and oxygen atoms in total. The van der Waals surface area contributed by atoms with Crippen LogP contribution in [0.1, 0.15) is 30.6 Å². The molecule has 0 saturated heterocycles. The third kappa shape index (κ3) is 4.30. The average molecular weight is 403 g/mol. The summed E-state index contributed by atoms with van der Waals surface area (Å²) in [6, 6.07) is 23.0. The zero-order chi connectivity index (χ0) is 20.2. The van der Waals surface area contributed by atoms with Gasteiger partial charge < -0.3 is 10.1 Å². The monoisotopic (exact) mass is 402 g/mol. The first kappa shape index (κ1) is 19.2. The molecule has 0 saturated carbocycles. The molecule has 0 aliphatic carbocycles. The molecule has 1 aromatic heterocycles. The van der Waals surface area contributed by atoms with Gasteiger partial charge in [-0.3, -0.25) is 4.79 Å². The van der Waals surface area contributed by atoms with Gasteiger partial charge in [-0.15, -0.1) is 11.3 Å². The van der Waals surface area contributed by atoms with Crippen molar-refractivity contribution in [2.45, 2.75) is 26.4 Å². The van der Waals surface area contributed by atoms with Crippen LogP contribution in [0.3, 0.4) is 0 Å². The number of nitrogens with one attached hydrogen (secondary N) is 1. The fourth-order valence-corrected chi connectivity index (χ4v) is 3.97. The summed E-state index contributed by atoms with van der Waals surface area (Å²) in [4.78, 5) is 17.5. The number of hydrogen-bond acceptors (Lipinski definition) is 4. The number of benzene rings is 3. The van der Waals surface area contributed by atoms with E-state index >= 15 is 0 Å². The van der Waals surface area contributed by atoms with Gasteiger partial charge >= 0.3 is 0 Å². The molecule has 0 aliphatic rings. The van der Waals surface area contributed by atoms with Crippen LogP contribution in [0.25, 0.3) is 20.8 Å². The third-order valence-corrected chi connectivity index (χ3v) is 5.80. The van der Waals surface area contributed by atoms with Crippen LogP contribution in [0.15, 0.2) is 72.8 Å². The van der Waals surface area contributed by atoms with Crippen molar-refractivity contribution in [1.82, 2.24) is 4.98 Å². The van der Waals surface area contributed by atoms with E-state index in [0.717, 1.165) is 38.6 Å². The highest BCUT2D eigenvalue weighted by molar-refractivity contribution is 7.21. The van der Waals surface area contributed by atoms with Gasteiger partial charge in [-0.1, -0.05) is 31.2 Å². The van der Waals surface area contributed by atoms with Crippen molar-refractivity contribution in [2.24, 2.45) is 0 Å². The first-order chi connectivity index (χ1) is 14.1. The van der Waals surface area contributed by atoms with Crippen LogP contribution in [0.4, 0.5) is 5.69 Å². The number of hydrogen-bond donors (Lipinski definition) is 1. The molecule has 0 unspecified atom stereocenters. The van der Waals surface area contributed by atoms with Gasteiger partial charge in [0.2, 0.25) is 0 Å². The zero-order valence-electron chi connectivity index (χ0n) is 16.4. The maximum Gasteiger partial charge on any atom is 0.255 e. The van der Waals surface area contributed by atoms with Gasteiger partial charge in [0.1, 0.15) is 10.8 Å². The molecule has 0 fully saturated rings. The van der Waals surface area contributed by atoms with Crippen molar-refractivity contribution in [1.29, 1.82) is 0 Å². The van der Waals surface area contributed by atoms with Crippen LogP contribution in [0, 0.1) is 0 Å². The molecule has 4 aromatic rings. The minimum atomic E-state index is -0.159. The molecular formula is C24H22N2O2S. The number of carbonyl (C=O) groups is 1. The Labute approximate surface area is 174 Å². The fraction of sp³-hybridized carbons (Fsp3) is 0.167. The molecule has 0 spiro atoms. The molecule has 29 heavy (non-hydrogen) atoms. The van der Waals surface area contributed by atoms with Crippen LogP contribution in [0.5, 0.6) is 5.75 Å². The molecule has 1 heterocycles. The van der Waals surface area contributed by atoms with Crippen LogP contribution >= 0.6 is 11.3 Å². The highest BCUT2D eigenvalue weighted by Gasteiger charge is 2.13. The molecule has 146 valence electrons. The molecule has 0 radical (unpaired) electrons. The van der Waals surface area contributed by atoms with Crippen molar-refractivity contribution in [3.05, 3.63) is 78.4 Å². The summed E-state index contributed by atoms with van der Waals surface area (Å²) < 4.78 is 6.91. The van der Waals surface area contributed by atoms with E-state index in [1.54, 1.807) is 23.5 Å². The van der Waals surface area contributed by atoms with E-state index in [-0.39, 0.29) is 12.0 Å². The van der Waals surface area contributed by atoms with E-state index in [0.29, 0.717) is 5.56 Å². The number of carbonyl (C=O) groups excluding carboxylic acids is 1. The molecule has 0 aliphatic heterocycles. The lowest BCUT2D eigenvalue weighted by molar-refractivity contribution is 0.102. The van der Waals surface area contributed by atoms with Crippen LogP contribution in [-0.4, -0.2) is 17.0 Å². The first-order valence-electron chi connectivity index (χ1n) is 9.67. The Bertz CT molecular complexity index is 1100. The Balaban J connectivity index is 1.56. The van der Waals surface area contributed by atoms with Crippen LogP contribution in [0.2, 0.25) is 0 Å². The Kier molecular flexibility index (Phi) is 5.58. The van der Waals surface area contributed by atoms with Gasteiger partial charge in [-0.05, 0) is 61.9 Å². The van der Waals surface area contributed by atoms with Crippen molar-refractivity contribution < 1.29 is 9.53 Å². The van der Waals surface area contributed by atoms with Gasteiger partial charge in [0.15, 0.2) is 0 Å². The number of aromatic nitrogens is 1. The Morgan fingerprint density at radius 1 is 1.03 bits per heavy atom. The molecular weight excluding hydrogens is 380 g/mol. The summed E-state index contributed by atoms with van der Waals surface area (Å²) in [5.74, 6) is 0.611. The maximum atomic E-state index is 12.8. The van der Waals surface area contributed by atoms with Gasteiger partial charge in [-0.25, -0.2) is 4.98 Å². The number of para-hydroxylation sites is 2. The molecule has 5 heteroatoms. The highest BCUT2D eigenvalue weighted by atomic mass is 32.1. The largest absolute Gasteiger partial charge is 0.491 e. The van der Waals surface area contributed by atoms with E-state index in [1.807, 2.05) is 61.5 Å². The summed E-state index contributed by atoms with van der Waals surface area (Å²) in [5.41, 5.74) is 3.21. The molecule has 3 aromatic carbocycles. The summed E-state index contributed by atoms with van der Waals surface area (Å²) in [5, 5.41) is 3.92. The van der Waals surface area contributed by atoms with Gasteiger partial charge in [0.25, 0.3) is 5.91 Å².